The van der Waals surface area contributed by atoms with Gasteiger partial charge in [0.2, 0.25) is 0 Å². The van der Waals surface area contributed by atoms with Gasteiger partial charge >= 0.3 is 6.03 Å². The lowest BCUT2D eigenvalue weighted by Gasteiger charge is -2.32. The van der Waals surface area contributed by atoms with Gasteiger partial charge in [-0.3, -0.25) is 4.90 Å². The van der Waals surface area contributed by atoms with Crippen molar-refractivity contribution in [2.75, 3.05) is 19.6 Å². The minimum absolute atomic E-state index is 0.0397. The molecule has 0 unspecified atom stereocenters. The third-order valence-corrected chi connectivity index (χ3v) is 6.02. The third-order valence-electron chi connectivity index (χ3n) is 5.16. The van der Waals surface area contributed by atoms with Crippen molar-refractivity contribution in [3.8, 4) is 0 Å². The summed E-state index contributed by atoms with van der Waals surface area (Å²) in [5.41, 5.74) is 0. The van der Waals surface area contributed by atoms with E-state index in [1.807, 2.05) is 11.3 Å². The van der Waals surface area contributed by atoms with Gasteiger partial charge in [-0.1, -0.05) is 25.3 Å². The van der Waals surface area contributed by atoms with Crippen LogP contribution in [0.15, 0.2) is 17.5 Å². The Morgan fingerprint density at radius 3 is 2.65 bits per heavy atom. The van der Waals surface area contributed by atoms with Crippen LogP contribution in [0.5, 0.6) is 0 Å². The SMILES string of the molecule is O=C(NCC1CCN(Cc2cccs2)CC1)NC1CCCCC1. The number of rotatable bonds is 5. The zero-order valence-corrected chi connectivity index (χ0v) is 14.7. The van der Waals surface area contributed by atoms with Crippen molar-refractivity contribution < 1.29 is 4.79 Å². The highest BCUT2D eigenvalue weighted by atomic mass is 32.1. The summed E-state index contributed by atoms with van der Waals surface area (Å²) in [4.78, 5) is 16.0. The molecule has 2 N–H and O–H groups in total. The van der Waals surface area contributed by atoms with Crippen LogP contribution in [-0.2, 0) is 6.54 Å². The number of carbonyl (C=O) groups is 1. The van der Waals surface area contributed by atoms with Crippen LogP contribution in [0.1, 0.15) is 49.8 Å². The Labute approximate surface area is 143 Å². The van der Waals surface area contributed by atoms with E-state index in [-0.39, 0.29) is 6.03 Å². The number of urea groups is 1. The molecule has 3 rings (SSSR count). The molecule has 1 aliphatic carbocycles. The van der Waals surface area contributed by atoms with Gasteiger partial charge in [-0.05, 0) is 56.1 Å². The molecule has 0 spiro atoms. The number of hydrogen-bond acceptors (Lipinski definition) is 3. The molecule has 2 aliphatic rings. The number of piperidine rings is 1. The van der Waals surface area contributed by atoms with E-state index < -0.39 is 0 Å². The second-order valence-electron chi connectivity index (χ2n) is 6.99. The summed E-state index contributed by atoms with van der Waals surface area (Å²) in [5, 5.41) is 8.38. The summed E-state index contributed by atoms with van der Waals surface area (Å²) < 4.78 is 0. The first-order valence-electron chi connectivity index (χ1n) is 9.08. The maximum atomic E-state index is 12.0. The van der Waals surface area contributed by atoms with E-state index >= 15 is 0 Å². The van der Waals surface area contributed by atoms with Crippen LogP contribution in [0.4, 0.5) is 4.79 Å². The molecule has 1 aromatic rings. The first-order chi connectivity index (χ1) is 11.3. The number of carbonyl (C=O) groups excluding carboxylic acids is 1. The van der Waals surface area contributed by atoms with E-state index in [9.17, 15) is 4.79 Å². The predicted molar refractivity (Wildman–Crippen MR) is 95.7 cm³/mol. The van der Waals surface area contributed by atoms with Crippen molar-refractivity contribution >= 4 is 17.4 Å². The molecule has 2 fully saturated rings. The second kappa shape index (κ2) is 8.69. The Morgan fingerprint density at radius 1 is 1.17 bits per heavy atom. The Hall–Kier alpha value is -1.07. The van der Waals surface area contributed by atoms with Gasteiger partial charge in [0.1, 0.15) is 0 Å². The number of thiophene rings is 1. The van der Waals surface area contributed by atoms with Crippen molar-refractivity contribution in [1.82, 2.24) is 15.5 Å². The van der Waals surface area contributed by atoms with Gasteiger partial charge in [0.15, 0.2) is 0 Å². The fourth-order valence-corrected chi connectivity index (χ4v) is 4.44. The van der Waals surface area contributed by atoms with Crippen LogP contribution in [-0.4, -0.2) is 36.6 Å². The second-order valence-corrected chi connectivity index (χ2v) is 8.02. The maximum Gasteiger partial charge on any atom is 0.315 e. The van der Waals surface area contributed by atoms with Gasteiger partial charge in [0, 0.05) is 24.0 Å². The number of nitrogens with one attached hydrogen (secondary N) is 2. The van der Waals surface area contributed by atoms with E-state index in [0.29, 0.717) is 12.0 Å². The van der Waals surface area contributed by atoms with Crippen molar-refractivity contribution in [2.45, 2.75) is 57.5 Å². The smallest absolute Gasteiger partial charge is 0.315 e. The van der Waals surface area contributed by atoms with E-state index in [0.717, 1.165) is 39.0 Å². The predicted octanol–water partition coefficient (Wildman–Crippen LogP) is 3.59. The van der Waals surface area contributed by atoms with Crippen molar-refractivity contribution in [3.05, 3.63) is 22.4 Å². The third kappa shape index (κ3) is 5.50. The molecule has 0 radical (unpaired) electrons. The Kier molecular flexibility index (Phi) is 6.34. The Balaban J connectivity index is 1.30. The summed E-state index contributed by atoms with van der Waals surface area (Å²) in [5.74, 6) is 0.631. The van der Waals surface area contributed by atoms with Crippen LogP contribution in [0, 0.1) is 5.92 Å². The van der Waals surface area contributed by atoms with Gasteiger partial charge in [0.05, 0.1) is 0 Å². The molecule has 1 saturated carbocycles. The Morgan fingerprint density at radius 2 is 1.96 bits per heavy atom. The maximum absolute atomic E-state index is 12.0. The van der Waals surface area contributed by atoms with Gasteiger partial charge < -0.3 is 10.6 Å². The van der Waals surface area contributed by atoms with E-state index in [2.05, 4.69) is 33.0 Å². The minimum atomic E-state index is 0.0397. The van der Waals surface area contributed by atoms with Crippen LogP contribution in [0.25, 0.3) is 0 Å². The van der Waals surface area contributed by atoms with Crippen LogP contribution < -0.4 is 10.6 Å². The van der Waals surface area contributed by atoms with Crippen LogP contribution in [0.3, 0.4) is 0 Å². The monoisotopic (exact) mass is 335 g/mol. The highest BCUT2D eigenvalue weighted by molar-refractivity contribution is 7.09. The summed E-state index contributed by atoms with van der Waals surface area (Å²) in [6, 6.07) is 4.78. The van der Waals surface area contributed by atoms with Crippen molar-refractivity contribution in [3.63, 3.8) is 0 Å². The molecule has 1 saturated heterocycles. The minimum Gasteiger partial charge on any atom is -0.338 e. The van der Waals surface area contributed by atoms with E-state index in [1.165, 1.54) is 37.0 Å². The average molecular weight is 336 g/mol. The lowest BCUT2D eigenvalue weighted by Crippen LogP contribution is -2.45. The normalized spacial score (nSPS) is 21.2. The molecule has 2 heterocycles. The lowest BCUT2D eigenvalue weighted by molar-refractivity contribution is 0.175. The number of nitrogens with zero attached hydrogens (tertiary/aromatic N) is 1. The molecule has 1 aliphatic heterocycles. The van der Waals surface area contributed by atoms with Gasteiger partial charge in [-0.2, -0.15) is 0 Å². The molecule has 0 bridgehead atoms. The first kappa shape index (κ1) is 16.8. The quantitative estimate of drug-likeness (QED) is 0.863. The molecule has 23 heavy (non-hydrogen) atoms. The van der Waals surface area contributed by atoms with Crippen molar-refractivity contribution in [2.24, 2.45) is 5.92 Å². The number of hydrogen-bond donors (Lipinski definition) is 2. The topological polar surface area (TPSA) is 44.4 Å². The summed E-state index contributed by atoms with van der Waals surface area (Å²) in [7, 11) is 0. The lowest BCUT2D eigenvalue weighted by atomic mass is 9.95. The highest BCUT2D eigenvalue weighted by Gasteiger charge is 2.21. The number of likely N-dealkylation sites (tertiary alicyclic amines) is 1. The van der Waals surface area contributed by atoms with E-state index in [4.69, 9.17) is 0 Å². The first-order valence-corrected chi connectivity index (χ1v) is 9.96. The summed E-state index contributed by atoms with van der Waals surface area (Å²) >= 11 is 1.84. The van der Waals surface area contributed by atoms with E-state index in [1.54, 1.807) is 0 Å². The molecule has 5 heteroatoms. The van der Waals surface area contributed by atoms with Crippen LogP contribution >= 0.6 is 11.3 Å². The molecular weight excluding hydrogens is 306 g/mol. The molecule has 0 atom stereocenters. The van der Waals surface area contributed by atoms with Crippen molar-refractivity contribution in [1.29, 1.82) is 0 Å². The molecule has 1 aromatic heterocycles. The highest BCUT2D eigenvalue weighted by Crippen LogP contribution is 2.20. The molecule has 4 nitrogen and oxygen atoms in total. The molecule has 128 valence electrons. The summed E-state index contributed by atoms with van der Waals surface area (Å²) in [6.07, 6.45) is 8.51. The number of amides is 2. The molecular formula is C18H29N3OS. The fraction of sp³-hybridized carbons (Fsp3) is 0.722. The Bertz CT molecular complexity index is 463. The molecule has 2 amide bonds. The molecule has 0 aromatic carbocycles. The van der Waals surface area contributed by atoms with Crippen LogP contribution in [0.2, 0.25) is 0 Å². The largest absolute Gasteiger partial charge is 0.338 e. The summed E-state index contributed by atoms with van der Waals surface area (Å²) in [6.45, 7) is 4.20. The standard InChI is InChI=1S/C18H29N3OS/c22-18(20-16-5-2-1-3-6-16)19-13-15-8-10-21(11-9-15)14-17-7-4-12-23-17/h4,7,12,15-16H,1-3,5-6,8-11,13-14H2,(H2,19,20,22). The zero-order valence-electron chi connectivity index (χ0n) is 13.9. The van der Waals surface area contributed by atoms with Gasteiger partial charge in [-0.25, -0.2) is 4.79 Å². The van der Waals surface area contributed by atoms with Gasteiger partial charge in [0.25, 0.3) is 0 Å². The average Bonchev–Trinajstić information content (AvgIpc) is 3.08. The zero-order chi connectivity index (χ0) is 15.9. The fourth-order valence-electron chi connectivity index (χ4n) is 3.69. The van der Waals surface area contributed by atoms with Gasteiger partial charge in [-0.15, -0.1) is 11.3 Å².